The lowest BCUT2D eigenvalue weighted by Gasteiger charge is -2.51. The predicted molar refractivity (Wildman–Crippen MR) is 147 cm³/mol. The Hall–Kier alpha value is -4.46. The van der Waals surface area contributed by atoms with Crippen molar-refractivity contribution >= 4 is 22.7 Å². The fraction of sp³-hybridized carbons (Fsp3) is 0.290. The Morgan fingerprint density at radius 3 is 2.38 bits per heavy atom. The molecule has 2 aliphatic heterocycles. The fourth-order valence-corrected chi connectivity index (χ4v) is 6.24. The molecule has 1 N–H and O–H groups in total. The molecular formula is C31H31N3O5. The highest BCUT2D eigenvalue weighted by molar-refractivity contribution is 6.01. The third-order valence-corrected chi connectivity index (χ3v) is 8.15. The van der Waals surface area contributed by atoms with Crippen LogP contribution in [0.4, 0.5) is 0 Å². The third kappa shape index (κ3) is 3.73. The lowest BCUT2D eigenvalue weighted by molar-refractivity contribution is -0.166. The first-order valence-electron chi connectivity index (χ1n) is 13.0. The van der Waals surface area contributed by atoms with Gasteiger partial charge in [-0.25, -0.2) is 0 Å². The van der Waals surface area contributed by atoms with Crippen LogP contribution in [0.1, 0.15) is 35.2 Å². The number of hydrogen-bond donors (Lipinski definition) is 1. The smallest absolute Gasteiger partial charge is 0.255 e. The first kappa shape index (κ1) is 24.9. The number of benzene rings is 3. The second-order valence-electron chi connectivity index (χ2n) is 10.2. The molecule has 1 aromatic heterocycles. The Morgan fingerprint density at radius 2 is 1.62 bits per heavy atom. The summed E-state index contributed by atoms with van der Waals surface area (Å²) in [5.74, 6) is 1.57. The largest absolute Gasteiger partial charge is 0.496 e. The summed E-state index contributed by atoms with van der Waals surface area (Å²) in [7, 11) is 4.82. The summed E-state index contributed by atoms with van der Waals surface area (Å²) in [5, 5.41) is 1.04. The minimum atomic E-state index is -1.18. The summed E-state index contributed by atoms with van der Waals surface area (Å²) in [5.41, 5.74) is 3.37. The van der Waals surface area contributed by atoms with Crippen LogP contribution in [0.5, 0.6) is 17.2 Å². The van der Waals surface area contributed by atoms with Crippen LogP contribution in [0.25, 0.3) is 10.9 Å². The number of rotatable bonds is 6. The van der Waals surface area contributed by atoms with Crippen molar-refractivity contribution < 1.29 is 23.8 Å². The number of aromatic amines is 1. The van der Waals surface area contributed by atoms with Gasteiger partial charge in [0.2, 0.25) is 5.91 Å². The molecule has 200 valence electrons. The first-order chi connectivity index (χ1) is 18.9. The molecule has 0 saturated carbocycles. The van der Waals surface area contributed by atoms with E-state index in [1.165, 1.54) is 0 Å². The third-order valence-electron chi connectivity index (χ3n) is 8.15. The molecule has 1 fully saturated rings. The van der Waals surface area contributed by atoms with Crippen molar-refractivity contribution in [1.82, 2.24) is 14.8 Å². The lowest BCUT2D eigenvalue weighted by Crippen LogP contribution is -2.67. The Kier molecular flexibility index (Phi) is 5.98. The van der Waals surface area contributed by atoms with E-state index < -0.39 is 5.54 Å². The molecule has 8 nitrogen and oxygen atoms in total. The fourth-order valence-electron chi connectivity index (χ4n) is 6.24. The molecule has 6 rings (SSSR count). The van der Waals surface area contributed by atoms with E-state index in [9.17, 15) is 9.59 Å². The van der Waals surface area contributed by atoms with Gasteiger partial charge in [-0.05, 0) is 42.3 Å². The summed E-state index contributed by atoms with van der Waals surface area (Å²) in [4.78, 5) is 35.1. The normalized spacial score (nSPS) is 20.6. The number of nitrogens with zero attached hydrogens (tertiary/aromatic N) is 2. The number of carbonyl (C=O) groups excluding carboxylic acids is 2. The topological polar surface area (TPSA) is 84.1 Å². The number of hydrogen-bond acceptors (Lipinski definition) is 5. The van der Waals surface area contributed by atoms with Gasteiger partial charge < -0.3 is 29.0 Å². The van der Waals surface area contributed by atoms with Crippen LogP contribution in [-0.2, 0) is 21.7 Å². The van der Waals surface area contributed by atoms with Gasteiger partial charge in [0.25, 0.3) is 5.91 Å². The standard InChI is InChI=1S/C31H31N3O5/c1-31-29-28(21-10-5-7-11-23(21)32-29)22(20-9-6-8-12-24(20)37-2)17-34(31)27(35)18-33(30(31)36)16-19-13-14-25(38-3)26(15-19)39-4/h5-15,22,32H,16-18H2,1-4H3/t22-,31-/m0/s1. The average molecular weight is 526 g/mol. The average Bonchev–Trinajstić information content (AvgIpc) is 3.36. The van der Waals surface area contributed by atoms with Gasteiger partial charge in [0.05, 0.1) is 27.0 Å². The molecule has 4 aromatic rings. The van der Waals surface area contributed by atoms with Gasteiger partial charge in [0.15, 0.2) is 17.0 Å². The molecule has 0 aliphatic carbocycles. The number of ether oxygens (including phenoxy) is 3. The van der Waals surface area contributed by atoms with E-state index in [-0.39, 0.29) is 30.8 Å². The molecule has 2 amide bonds. The van der Waals surface area contributed by atoms with Gasteiger partial charge in [-0.2, -0.15) is 0 Å². The van der Waals surface area contributed by atoms with Crippen LogP contribution >= 0.6 is 0 Å². The van der Waals surface area contributed by atoms with Crippen molar-refractivity contribution in [2.45, 2.75) is 24.9 Å². The van der Waals surface area contributed by atoms with Crippen LogP contribution in [-0.4, -0.2) is 61.0 Å². The summed E-state index contributed by atoms with van der Waals surface area (Å²) < 4.78 is 16.5. The predicted octanol–water partition coefficient (Wildman–Crippen LogP) is 4.43. The van der Waals surface area contributed by atoms with E-state index in [1.807, 2.05) is 67.6 Å². The van der Waals surface area contributed by atoms with Crippen LogP contribution < -0.4 is 14.2 Å². The van der Waals surface area contributed by atoms with E-state index in [0.717, 1.165) is 39.0 Å². The summed E-state index contributed by atoms with van der Waals surface area (Å²) in [6.07, 6.45) is 0. The molecule has 2 aliphatic rings. The Balaban J connectivity index is 1.47. The molecule has 2 atom stereocenters. The second-order valence-corrected chi connectivity index (χ2v) is 10.2. The molecule has 39 heavy (non-hydrogen) atoms. The van der Waals surface area contributed by atoms with Gasteiger partial charge >= 0.3 is 0 Å². The van der Waals surface area contributed by atoms with Crippen molar-refractivity contribution in [2.75, 3.05) is 34.4 Å². The summed E-state index contributed by atoms with van der Waals surface area (Å²) in [6, 6.07) is 21.5. The SMILES string of the molecule is COc1ccc(CN2CC(=O)N3C[C@@H](c4ccccc4OC)c4c([nH]c5ccccc45)[C@@]3(C)C2=O)cc1OC. The maximum Gasteiger partial charge on any atom is 0.255 e. The molecule has 8 heteroatoms. The molecule has 0 unspecified atom stereocenters. The minimum absolute atomic E-state index is 0.00300. The number of amides is 2. The number of methoxy groups -OCH3 is 3. The maximum absolute atomic E-state index is 14.3. The van der Waals surface area contributed by atoms with Gasteiger partial charge in [0.1, 0.15) is 12.3 Å². The zero-order valence-electron chi connectivity index (χ0n) is 22.5. The van der Waals surface area contributed by atoms with E-state index in [0.29, 0.717) is 18.0 Å². The number of para-hydroxylation sites is 2. The van der Waals surface area contributed by atoms with Gasteiger partial charge in [-0.3, -0.25) is 9.59 Å². The van der Waals surface area contributed by atoms with Crippen molar-refractivity contribution in [1.29, 1.82) is 0 Å². The second kappa shape index (κ2) is 9.38. The van der Waals surface area contributed by atoms with E-state index in [4.69, 9.17) is 14.2 Å². The Labute approximate surface area is 227 Å². The van der Waals surface area contributed by atoms with Crippen LogP contribution in [0.2, 0.25) is 0 Å². The molecule has 0 bridgehead atoms. The lowest BCUT2D eigenvalue weighted by atomic mass is 9.76. The first-order valence-corrected chi connectivity index (χ1v) is 13.0. The molecule has 1 saturated heterocycles. The van der Waals surface area contributed by atoms with E-state index in [1.54, 1.807) is 31.1 Å². The molecule has 3 aromatic carbocycles. The molecule has 0 spiro atoms. The summed E-state index contributed by atoms with van der Waals surface area (Å²) in [6.45, 7) is 2.51. The zero-order valence-corrected chi connectivity index (χ0v) is 22.5. The Morgan fingerprint density at radius 1 is 0.897 bits per heavy atom. The highest BCUT2D eigenvalue weighted by Gasteiger charge is 2.56. The van der Waals surface area contributed by atoms with Crippen molar-refractivity contribution in [3.05, 3.63) is 89.1 Å². The molecule has 3 heterocycles. The van der Waals surface area contributed by atoms with E-state index in [2.05, 4.69) is 11.1 Å². The highest BCUT2D eigenvalue weighted by Crippen LogP contribution is 2.49. The highest BCUT2D eigenvalue weighted by atomic mass is 16.5. The quantitative estimate of drug-likeness (QED) is 0.403. The van der Waals surface area contributed by atoms with Crippen molar-refractivity contribution in [3.63, 3.8) is 0 Å². The van der Waals surface area contributed by atoms with Crippen molar-refractivity contribution in [2.24, 2.45) is 0 Å². The number of nitrogens with one attached hydrogen (secondary N) is 1. The van der Waals surface area contributed by atoms with Crippen LogP contribution in [0.15, 0.2) is 66.7 Å². The van der Waals surface area contributed by atoms with Gasteiger partial charge in [-0.15, -0.1) is 0 Å². The van der Waals surface area contributed by atoms with E-state index >= 15 is 0 Å². The number of aromatic nitrogens is 1. The van der Waals surface area contributed by atoms with Gasteiger partial charge in [0, 0.05) is 35.5 Å². The summed E-state index contributed by atoms with van der Waals surface area (Å²) >= 11 is 0. The molecular weight excluding hydrogens is 494 g/mol. The monoisotopic (exact) mass is 525 g/mol. The van der Waals surface area contributed by atoms with Crippen molar-refractivity contribution in [3.8, 4) is 17.2 Å². The maximum atomic E-state index is 14.3. The number of H-pyrrole nitrogens is 1. The Bertz CT molecular complexity index is 1590. The van der Waals surface area contributed by atoms with Crippen LogP contribution in [0, 0.1) is 0 Å². The van der Waals surface area contributed by atoms with Gasteiger partial charge in [-0.1, -0.05) is 42.5 Å². The number of carbonyl (C=O) groups is 2. The zero-order chi connectivity index (χ0) is 27.3. The minimum Gasteiger partial charge on any atom is -0.496 e. The number of fused-ring (bicyclic) bond motifs is 5. The molecule has 0 radical (unpaired) electrons. The van der Waals surface area contributed by atoms with Crippen LogP contribution in [0.3, 0.4) is 0 Å². The number of piperazine rings is 1.